The molecule has 1 heterocycles. The fourth-order valence-corrected chi connectivity index (χ4v) is 3.68. The van der Waals surface area contributed by atoms with Crippen molar-refractivity contribution in [3.05, 3.63) is 58.7 Å². The van der Waals surface area contributed by atoms with Gasteiger partial charge < -0.3 is 5.73 Å². The molecular formula is C18H25FN4O2S. The van der Waals surface area contributed by atoms with Crippen LogP contribution < -0.4 is 5.73 Å². The van der Waals surface area contributed by atoms with Crippen molar-refractivity contribution in [2.24, 2.45) is 5.73 Å². The number of sulfonamides is 1. The minimum absolute atomic E-state index is 0.0406. The summed E-state index contributed by atoms with van der Waals surface area (Å²) in [6.45, 7) is 3.93. The maximum atomic E-state index is 13.7. The van der Waals surface area contributed by atoms with Crippen LogP contribution in [-0.2, 0) is 23.0 Å². The molecular weight excluding hydrogens is 355 g/mol. The number of halogens is 1. The van der Waals surface area contributed by atoms with Crippen molar-refractivity contribution in [3.63, 3.8) is 0 Å². The Balaban J connectivity index is 2.33. The summed E-state index contributed by atoms with van der Waals surface area (Å²) in [4.78, 5) is 0.250. The second-order valence-corrected chi connectivity index (χ2v) is 8.46. The SMILES string of the molecule is Cc1nn(C/C(F)=C/CN)c(C)c1Cc1cccc(S(=O)(=O)N(C)C)c1. The van der Waals surface area contributed by atoms with Crippen LogP contribution in [0.25, 0.3) is 0 Å². The number of aromatic nitrogens is 2. The van der Waals surface area contributed by atoms with Crippen LogP contribution in [0, 0.1) is 13.8 Å². The number of aryl methyl sites for hydroxylation is 1. The van der Waals surface area contributed by atoms with E-state index in [-0.39, 0.29) is 23.8 Å². The van der Waals surface area contributed by atoms with Gasteiger partial charge >= 0.3 is 0 Å². The normalized spacial score (nSPS) is 12.8. The van der Waals surface area contributed by atoms with Gasteiger partial charge in [0.15, 0.2) is 0 Å². The summed E-state index contributed by atoms with van der Waals surface area (Å²) in [6.07, 6.45) is 1.85. The van der Waals surface area contributed by atoms with Gasteiger partial charge in [-0.3, -0.25) is 4.68 Å². The highest BCUT2D eigenvalue weighted by Crippen LogP contribution is 2.21. The van der Waals surface area contributed by atoms with Crippen LogP contribution in [-0.4, -0.2) is 43.1 Å². The molecule has 0 aliphatic rings. The van der Waals surface area contributed by atoms with Gasteiger partial charge in [-0.2, -0.15) is 5.10 Å². The third-order valence-electron chi connectivity index (χ3n) is 4.23. The molecule has 0 saturated heterocycles. The standard InChI is InChI=1S/C18H25FN4O2S/c1-13-18(14(2)23(21-13)12-16(19)8-9-20)11-15-6-5-7-17(10-15)26(24,25)22(3)4/h5-8,10H,9,11-12,20H2,1-4H3/b16-8-. The van der Waals surface area contributed by atoms with E-state index in [9.17, 15) is 12.8 Å². The molecule has 0 fully saturated rings. The van der Waals surface area contributed by atoms with Crippen molar-refractivity contribution in [2.75, 3.05) is 20.6 Å². The number of rotatable bonds is 7. The number of nitrogens with zero attached hydrogens (tertiary/aromatic N) is 3. The molecule has 0 saturated carbocycles. The summed E-state index contributed by atoms with van der Waals surface area (Å²) >= 11 is 0. The molecule has 2 N–H and O–H groups in total. The zero-order chi connectivity index (χ0) is 19.5. The molecule has 0 bridgehead atoms. The van der Waals surface area contributed by atoms with Crippen LogP contribution in [0.1, 0.15) is 22.5 Å². The number of allylic oxidation sites excluding steroid dienone is 1. The Labute approximate surface area is 154 Å². The molecule has 2 rings (SSSR count). The van der Waals surface area contributed by atoms with E-state index in [1.54, 1.807) is 22.9 Å². The maximum Gasteiger partial charge on any atom is 0.242 e. The third-order valence-corrected chi connectivity index (χ3v) is 6.04. The van der Waals surface area contributed by atoms with Gasteiger partial charge in [-0.25, -0.2) is 17.1 Å². The van der Waals surface area contributed by atoms with E-state index in [4.69, 9.17) is 5.73 Å². The lowest BCUT2D eigenvalue weighted by Crippen LogP contribution is -2.22. The summed E-state index contributed by atoms with van der Waals surface area (Å²) in [5.41, 5.74) is 8.80. The molecule has 8 heteroatoms. The number of benzene rings is 1. The first-order chi connectivity index (χ1) is 12.2. The summed E-state index contributed by atoms with van der Waals surface area (Å²) in [5.74, 6) is -0.330. The van der Waals surface area contributed by atoms with E-state index in [2.05, 4.69) is 5.10 Å². The topological polar surface area (TPSA) is 81.2 Å². The first-order valence-electron chi connectivity index (χ1n) is 8.25. The fraction of sp³-hybridized carbons (Fsp3) is 0.389. The maximum absolute atomic E-state index is 13.7. The molecule has 1 aromatic heterocycles. The predicted octanol–water partition coefficient (Wildman–Crippen LogP) is 2.15. The molecule has 0 unspecified atom stereocenters. The Bertz CT molecular complexity index is 917. The first-order valence-corrected chi connectivity index (χ1v) is 9.69. The van der Waals surface area contributed by atoms with Gasteiger partial charge in [-0.1, -0.05) is 12.1 Å². The van der Waals surface area contributed by atoms with Crippen molar-refractivity contribution < 1.29 is 12.8 Å². The van der Waals surface area contributed by atoms with Gasteiger partial charge in [0, 0.05) is 38.3 Å². The Hall–Kier alpha value is -2.03. The summed E-state index contributed by atoms with van der Waals surface area (Å²) in [6, 6.07) is 6.85. The highest BCUT2D eigenvalue weighted by molar-refractivity contribution is 7.89. The minimum Gasteiger partial charge on any atom is -0.327 e. The summed E-state index contributed by atoms with van der Waals surface area (Å²) < 4.78 is 41.2. The second kappa shape index (κ2) is 8.11. The molecule has 0 atom stereocenters. The molecule has 0 radical (unpaired) electrons. The second-order valence-electron chi connectivity index (χ2n) is 6.31. The summed E-state index contributed by atoms with van der Waals surface area (Å²) in [7, 11) is -0.478. The van der Waals surface area contributed by atoms with E-state index in [0.717, 1.165) is 22.5 Å². The van der Waals surface area contributed by atoms with Crippen LogP contribution in [0.4, 0.5) is 4.39 Å². The van der Waals surface area contributed by atoms with Crippen LogP contribution in [0.2, 0.25) is 0 Å². The zero-order valence-electron chi connectivity index (χ0n) is 15.5. The quantitative estimate of drug-likeness (QED) is 0.798. The largest absolute Gasteiger partial charge is 0.327 e. The molecule has 26 heavy (non-hydrogen) atoms. The Morgan fingerprint density at radius 3 is 2.65 bits per heavy atom. The fourth-order valence-electron chi connectivity index (χ4n) is 2.71. The first kappa shape index (κ1) is 20.3. The molecule has 1 aromatic carbocycles. The van der Waals surface area contributed by atoms with Gasteiger partial charge in [0.25, 0.3) is 0 Å². The smallest absolute Gasteiger partial charge is 0.242 e. The molecule has 0 amide bonds. The highest BCUT2D eigenvalue weighted by Gasteiger charge is 2.18. The molecule has 0 aliphatic carbocycles. The predicted molar refractivity (Wildman–Crippen MR) is 100 cm³/mol. The Morgan fingerprint density at radius 2 is 2.04 bits per heavy atom. The number of hydrogen-bond donors (Lipinski definition) is 1. The van der Waals surface area contributed by atoms with E-state index in [1.807, 2.05) is 19.9 Å². The monoisotopic (exact) mass is 380 g/mol. The molecule has 0 spiro atoms. The van der Waals surface area contributed by atoms with Crippen molar-refractivity contribution in [2.45, 2.75) is 31.7 Å². The van der Waals surface area contributed by atoms with Crippen LogP contribution in [0.5, 0.6) is 0 Å². The van der Waals surface area contributed by atoms with Crippen LogP contribution >= 0.6 is 0 Å². The lowest BCUT2D eigenvalue weighted by molar-refractivity contribution is 0.516. The molecule has 142 valence electrons. The van der Waals surface area contributed by atoms with Crippen molar-refractivity contribution in [3.8, 4) is 0 Å². The molecule has 2 aromatic rings. The van der Waals surface area contributed by atoms with Crippen molar-refractivity contribution >= 4 is 10.0 Å². The van der Waals surface area contributed by atoms with Gasteiger partial charge in [0.1, 0.15) is 5.83 Å². The number of hydrogen-bond acceptors (Lipinski definition) is 4. The van der Waals surface area contributed by atoms with Gasteiger partial charge in [-0.15, -0.1) is 0 Å². The molecule has 6 nitrogen and oxygen atoms in total. The number of nitrogens with two attached hydrogens (primary N) is 1. The van der Waals surface area contributed by atoms with Gasteiger partial charge in [0.05, 0.1) is 17.1 Å². The Morgan fingerprint density at radius 1 is 1.35 bits per heavy atom. The lowest BCUT2D eigenvalue weighted by atomic mass is 10.0. The lowest BCUT2D eigenvalue weighted by Gasteiger charge is -2.12. The van der Waals surface area contributed by atoms with Crippen LogP contribution in [0.15, 0.2) is 41.1 Å². The van der Waals surface area contributed by atoms with E-state index in [1.165, 1.54) is 24.5 Å². The van der Waals surface area contributed by atoms with Crippen LogP contribution in [0.3, 0.4) is 0 Å². The summed E-state index contributed by atoms with van der Waals surface area (Å²) in [5, 5.41) is 4.40. The minimum atomic E-state index is -3.49. The van der Waals surface area contributed by atoms with E-state index in [0.29, 0.717) is 6.42 Å². The van der Waals surface area contributed by atoms with E-state index < -0.39 is 10.0 Å². The van der Waals surface area contributed by atoms with Gasteiger partial charge in [-0.05, 0) is 37.6 Å². The average molecular weight is 380 g/mol. The average Bonchev–Trinajstić information content (AvgIpc) is 2.82. The third kappa shape index (κ3) is 4.38. The zero-order valence-corrected chi connectivity index (χ0v) is 16.3. The van der Waals surface area contributed by atoms with Crippen molar-refractivity contribution in [1.82, 2.24) is 14.1 Å². The van der Waals surface area contributed by atoms with E-state index >= 15 is 0 Å². The van der Waals surface area contributed by atoms with Gasteiger partial charge in [0.2, 0.25) is 10.0 Å². The molecule has 0 aliphatic heterocycles. The highest BCUT2D eigenvalue weighted by atomic mass is 32.2. The van der Waals surface area contributed by atoms with Crippen molar-refractivity contribution in [1.29, 1.82) is 0 Å². The Kier molecular flexibility index (Phi) is 6.33.